The second kappa shape index (κ2) is 50.9. The first kappa shape index (κ1) is 104. The smallest absolute Gasteiger partial charge is 0.326 e. The predicted molar refractivity (Wildman–Crippen MR) is 440 cm³/mol. The van der Waals surface area contributed by atoms with Gasteiger partial charge in [-0.1, -0.05) is 64.1 Å². The van der Waals surface area contributed by atoms with Crippen molar-refractivity contribution in [1.29, 1.82) is 5.41 Å². The number of guanidine groups is 1. The number of aromatic hydroxyl groups is 3. The molecular weight excluding hydrogens is 1660 g/mol. The van der Waals surface area contributed by atoms with Gasteiger partial charge in [-0.25, -0.2) is 4.79 Å². The number of aliphatic hydroxyl groups excluding tert-OH is 1. The van der Waals surface area contributed by atoms with Crippen molar-refractivity contribution in [3.05, 3.63) is 89.5 Å². The summed E-state index contributed by atoms with van der Waals surface area (Å²) < 4.78 is 0. The molecule has 1 aliphatic rings. The monoisotopic (exact) mass is 1770 g/mol. The first-order valence-electron chi connectivity index (χ1n) is 39.8. The summed E-state index contributed by atoms with van der Waals surface area (Å²) in [6.07, 6.45) is -7.76. The van der Waals surface area contributed by atoms with Gasteiger partial charge in [0.15, 0.2) is 5.96 Å². The van der Waals surface area contributed by atoms with Crippen LogP contribution in [0.1, 0.15) is 128 Å². The highest BCUT2D eigenvalue weighted by Crippen LogP contribution is 2.23. The van der Waals surface area contributed by atoms with Gasteiger partial charge in [0.1, 0.15) is 95.8 Å². The summed E-state index contributed by atoms with van der Waals surface area (Å²) in [4.78, 5) is 271. The van der Waals surface area contributed by atoms with Crippen molar-refractivity contribution in [2.75, 3.05) is 19.7 Å². The number of amides is 18. The molecule has 4 rings (SSSR count). The molecule has 690 valence electrons. The van der Waals surface area contributed by atoms with Crippen LogP contribution in [0, 0.1) is 17.2 Å². The molecule has 48 heteroatoms. The van der Waals surface area contributed by atoms with E-state index in [0.717, 1.165) is 17.0 Å². The fourth-order valence-electron chi connectivity index (χ4n) is 12.7. The molecule has 0 unspecified atom stereocenters. The lowest BCUT2D eigenvalue weighted by atomic mass is 9.99. The summed E-state index contributed by atoms with van der Waals surface area (Å²) in [6.45, 7) is 4.52. The number of aliphatic carboxylic acids is 2. The van der Waals surface area contributed by atoms with Gasteiger partial charge < -0.3 is 145 Å². The van der Waals surface area contributed by atoms with Gasteiger partial charge in [-0.2, -0.15) is 0 Å². The van der Waals surface area contributed by atoms with Gasteiger partial charge in [-0.3, -0.25) is 96.5 Å². The van der Waals surface area contributed by atoms with Crippen molar-refractivity contribution in [2.45, 2.75) is 215 Å². The molecule has 0 radical (unpaired) electrons. The minimum Gasteiger partial charge on any atom is -0.508 e. The summed E-state index contributed by atoms with van der Waals surface area (Å²) in [5.74, 6) is -26.6. The van der Waals surface area contributed by atoms with Gasteiger partial charge >= 0.3 is 11.9 Å². The third kappa shape index (κ3) is 36.0. The summed E-state index contributed by atoms with van der Waals surface area (Å²) in [6, 6.07) is -8.80. The third-order valence-electron chi connectivity index (χ3n) is 19.5. The van der Waals surface area contributed by atoms with Crippen molar-refractivity contribution >= 4 is 124 Å². The van der Waals surface area contributed by atoms with Gasteiger partial charge in [0.05, 0.1) is 31.9 Å². The van der Waals surface area contributed by atoms with Gasteiger partial charge in [0.25, 0.3) is 0 Å². The van der Waals surface area contributed by atoms with Gasteiger partial charge in [0.2, 0.25) is 106 Å². The van der Waals surface area contributed by atoms with E-state index in [-0.39, 0.29) is 87.3 Å². The fraction of sp³-hybridized carbons (Fsp3) is 0.500. The van der Waals surface area contributed by atoms with Gasteiger partial charge in [-0.05, 0) is 110 Å². The zero-order valence-corrected chi connectivity index (χ0v) is 69.4. The quantitative estimate of drug-likeness (QED) is 0.0142. The normalized spacial score (nSPS) is 15.3. The fourth-order valence-corrected chi connectivity index (χ4v) is 12.7. The van der Waals surface area contributed by atoms with Crippen LogP contribution in [0.5, 0.6) is 17.2 Å². The Balaban J connectivity index is 1.65. The number of carbonyl (C=O) groups is 20. The van der Waals surface area contributed by atoms with E-state index in [0.29, 0.717) is 11.1 Å². The van der Waals surface area contributed by atoms with Crippen molar-refractivity contribution in [1.82, 2.24) is 74.0 Å². The van der Waals surface area contributed by atoms with E-state index in [1.807, 2.05) is 5.32 Å². The Kier molecular flexibility index (Phi) is 42.0. The Morgan fingerprint density at radius 2 is 0.730 bits per heavy atom. The molecule has 0 aliphatic carbocycles. The highest BCUT2D eigenvalue weighted by molar-refractivity contribution is 6.02. The average Bonchev–Trinajstić information content (AvgIpc) is 1.60. The van der Waals surface area contributed by atoms with Crippen LogP contribution < -0.4 is 109 Å². The zero-order chi connectivity index (χ0) is 94.5. The molecule has 0 saturated carbocycles. The third-order valence-corrected chi connectivity index (χ3v) is 19.5. The lowest BCUT2D eigenvalue weighted by Crippen LogP contribution is -2.62. The SMILES string of the molecule is CC(C)[C@H](NC(=O)[C@@H](N)CCC(N)=O)C(=O)N[C@@H](Cc1ccc(O)cc1)C(=O)N[C@@H](Cc1ccc(O)cc1)C(=O)N[C@@H](CCCNC(=N)N)C(=O)N1CCC[C@H]1C(=O)N[C@H](C(=O)N[C@@H](CC(=O)O)C(=O)N[C@@H](CCC(N)=O)C(=O)N[C@@H](Cc1ccc(O)cc1)C(=O)N[C@@H](CO)C(=O)N[C@@H](CC(N)=O)C(=O)N[C@@H](CCC(N)=O)C(=O)N[C@@H](CC(N)=O)C(=O)O)C(C)C. The number of nitrogens with one attached hydrogen (secondary N) is 14. The minimum atomic E-state index is -2.16. The van der Waals surface area contributed by atoms with E-state index in [1.165, 1.54) is 74.5 Å². The number of primary amides is 5. The molecule has 0 spiro atoms. The zero-order valence-electron chi connectivity index (χ0n) is 69.4. The minimum absolute atomic E-state index is 0.00454. The summed E-state index contributed by atoms with van der Waals surface area (Å²) in [7, 11) is 0. The van der Waals surface area contributed by atoms with Crippen molar-refractivity contribution in [3.63, 3.8) is 0 Å². The molecule has 48 nitrogen and oxygen atoms in total. The highest BCUT2D eigenvalue weighted by Gasteiger charge is 2.43. The molecule has 3 aromatic carbocycles. The van der Waals surface area contributed by atoms with Crippen LogP contribution in [0.4, 0.5) is 0 Å². The summed E-state index contributed by atoms with van der Waals surface area (Å²) in [5, 5.41) is 99.1. The lowest BCUT2D eigenvalue weighted by Gasteiger charge is -2.32. The van der Waals surface area contributed by atoms with E-state index < -0.39 is 279 Å². The van der Waals surface area contributed by atoms with Crippen LogP contribution in [0.25, 0.3) is 0 Å². The number of hydrogen-bond acceptors (Lipinski definition) is 26. The van der Waals surface area contributed by atoms with Crippen molar-refractivity contribution < 1.29 is 127 Å². The molecule has 1 heterocycles. The Morgan fingerprint density at radius 1 is 0.397 bits per heavy atom. The Hall–Kier alpha value is -14.3. The Labute approximate surface area is 720 Å². The maximum absolute atomic E-state index is 15.1. The Morgan fingerprint density at radius 3 is 1.12 bits per heavy atom. The number of phenolic OH excluding ortho intramolecular Hbond substituents is 3. The highest BCUT2D eigenvalue weighted by atomic mass is 16.4. The van der Waals surface area contributed by atoms with Crippen molar-refractivity contribution in [2.24, 2.45) is 52.0 Å². The maximum Gasteiger partial charge on any atom is 0.326 e. The Bertz CT molecular complexity index is 4420. The number of benzene rings is 3. The van der Waals surface area contributed by atoms with Crippen molar-refractivity contribution in [3.8, 4) is 17.2 Å². The van der Waals surface area contributed by atoms with Crippen LogP contribution in [0.15, 0.2) is 72.8 Å². The molecule has 14 atom stereocenters. The number of aliphatic hydroxyl groups is 1. The number of hydrogen-bond donors (Lipinski definition) is 27. The van der Waals surface area contributed by atoms with Crippen LogP contribution in [0.2, 0.25) is 0 Å². The summed E-state index contributed by atoms with van der Waals surface area (Å²) >= 11 is 0. The molecular formula is C78H112N22O26. The molecule has 3 aromatic rings. The van der Waals surface area contributed by atoms with Gasteiger partial charge in [-0.15, -0.1) is 0 Å². The standard InChI is InChI=1S/C78H112N22O26/c1-36(2)62(98-64(112)44(79)21-24-56(80)105)74(122)94-50(31-40-13-19-43(104)20-14-40)68(116)92-48(29-38-9-15-41(102)16-10-38)67(115)90-47(7-5-27-87-78(85)86)76(124)100-28-6-8-55(100)73(121)99-63(37(3)4)75(123)95-52(34-61(110)111)71(119)89-45(22-25-57(81)106)65(113)91-49(30-39-11-17-42(103)18-12-39)69(117)97-54(35-101)72(120)93-51(32-59(83)108)70(118)88-46(23-26-58(82)107)66(114)96-53(77(125)126)33-60(84)109/h9-20,36-37,44-55,62-63,101-104H,5-8,21-35,79H2,1-4H3,(H2,80,105)(H2,81,106)(H2,82,107)(H2,83,108)(H2,84,109)(H,88,118)(H,89,119)(H,90,115)(H,91,113)(H,92,116)(H,93,120)(H,94,122)(H,95,123)(H,96,114)(H,97,117)(H,98,112)(H,99,121)(H,110,111)(H,125,126)(H4,85,86,87)/t44-,45-,46-,47-,48-,49-,50-,51-,52-,53-,54-,55-,62-,63-/m0/s1. The topological polar surface area (TPSA) is 828 Å². The molecule has 0 aromatic heterocycles. The van der Waals surface area contributed by atoms with Crippen LogP contribution in [0.3, 0.4) is 0 Å². The van der Waals surface area contributed by atoms with Gasteiger partial charge in [0, 0.05) is 51.6 Å². The maximum atomic E-state index is 15.1. The van der Waals surface area contributed by atoms with E-state index in [2.05, 4.69) is 63.8 Å². The first-order valence-corrected chi connectivity index (χ1v) is 39.8. The molecule has 1 aliphatic heterocycles. The molecule has 18 amide bonds. The predicted octanol–water partition coefficient (Wildman–Crippen LogP) is -9.36. The number of rotatable bonds is 54. The number of likely N-dealkylation sites (tertiary alicyclic amines) is 1. The average molecular weight is 1770 g/mol. The largest absolute Gasteiger partial charge is 0.508 e. The molecule has 126 heavy (non-hydrogen) atoms. The number of phenols is 3. The lowest BCUT2D eigenvalue weighted by molar-refractivity contribution is -0.144. The molecule has 1 saturated heterocycles. The van der Waals surface area contributed by atoms with Crippen LogP contribution >= 0.6 is 0 Å². The number of carbonyl (C=O) groups excluding carboxylic acids is 18. The second-order valence-electron chi connectivity index (χ2n) is 30.4. The number of carboxylic acid groups (broad SMARTS) is 2. The van der Waals surface area contributed by atoms with Crippen LogP contribution in [-0.4, -0.2) is 264 Å². The molecule has 34 N–H and O–H groups in total. The van der Waals surface area contributed by atoms with E-state index in [1.54, 1.807) is 13.8 Å². The first-order chi connectivity index (χ1) is 59.2. The molecule has 0 bridgehead atoms. The number of nitrogens with two attached hydrogens (primary N) is 7. The van der Waals surface area contributed by atoms with E-state index >= 15 is 9.59 Å². The molecule has 1 fully saturated rings. The number of carboxylic acids is 2. The second-order valence-corrected chi connectivity index (χ2v) is 30.4. The summed E-state index contributed by atoms with van der Waals surface area (Å²) in [5.41, 5.74) is 38.9. The number of nitrogens with zero attached hydrogens (tertiary/aromatic N) is 1. The van der Waals surface area contributed by atoms with E-state index in [4.69, 9.17) is 45.5 Å². The van der Waals surface area contributed by atoms with Crippen LogP contribution in [-0.2, 0) is 115 Å². The van der Waals surface area contributed by atoms with E-state index in [9.17, 15) is 117 Å².